The largest absolute Gasteiger partial charge is 0.354 e. The van der Waals surface area contributed by atoms with Crippen LogP contribution in [0.3, 0.4) is 0 Å². The van der Waals surface area contributed by atoms with Gasteiger partial charge in [0.25, 0.3) is 0 Å². The molecule has 0 aliphatic carbocycles. The van der Waals surface area contributed by atoms with Crippen LogP contribution in [0.5, 0.6) is 0 Å². The standard InChI is InChI=1S/C16H23NO2/c1-5-13(4)17-16(19)9-8-15(18)14-10-11(2)6-7-12(14)3/h6-7,10,13H,5,8-9H2,1-4H3,(H,17,19). The minimum absolute atomic E-state index is 0.0421. The third-order valence-electron chi connectivity index (χ3n) is 3.29. The van der Waals surface area contributed by atoms with Crippen molar-refractivity contribution in [2.24, 2.45) is 0 Å². The summed E-state index contributed by atoms with van der Waals surface area (Å²) < 4.78 is 0. The lowest BCUT2D eigenvalue weighted by Crippen LogP contribution is -2.32. The predicted octanol–water partition coefficient (Wildman–Crippen LogP) is 3.18. The van der Waals surface area contributed by atoms with Gasteiger partial charge in [0.15, 0.2) is 5.78 Å². The quantitative estimate of drug-likeness (QED) is 0.799. The Labute approximate surface area is 115 Å². The summed E-state index contributed by atoms with van der Waals surface area (Å²) in [6, 6.07) is 6.00. The summed E-state index contributed by atoms with van der Waals surface area (Å²) in [5, 5.41) is 2.87. The van der Waals surface area contributed by atoms with E-state index in [-0.39, 0.29) is 30.6 Å². The van der Waals surface area contributed by atoms with Crippen molar-refractivity contribution in [2.45, 2.75) is 53.0 Å². The van der Waals surface area contributed by atoms with Crippen LogP contribution in [-0.4, -0.2) is 17.7 Å². The van der Waals surface area contributed by atoms with Crippen molar-refractivity contribution in [3.8, 4) is 0 Å². The fourth-order valence-electron chi connectivity index (χ4n) is 1.85. The Hall–Kier alpha value is -1.64. The number of amides is 1. The topological polar surface area (TPSA) is 46.2 Å². The molecule has 1 N–H and O–H groups in total. The van der Waals surface area contributed by atoms with Gasteiger partial charge < -0.3 is 5.32 Å². The van der Waals surface area contributed by atoms with Crippen LogP contribution >= 0.6 is 0 Å². The van der Waals surface area contributed by atoms with Crippen LogP contribution in [0.2, 0.25) is 0 Å². The van der Waals surface area contributed by atoms with E-state index in [9.17, 15) is 9.59 Å². The molecule has 1 aromatic carbocycles. The molecule has 1 atom stereocenters. The van der Waals surface area contributed by atoms with Gasteiger partial charge in [0, 0.05) is 24.4 Å². The molecule has 1 rings (SSSR count). The van der Waals surface area contributed by atoms with Crippen LogP contribution in [0.4, 0.5) is 0 Å². The maximum absolute atomic E-state index is 12.1. The molecular weight excluding hydrogens is 238 g/mol. The maximum atomic E-state index is 12.1. The Morgan fingerprint density at radius 1 is 1.21 bits per heavy atom. The summed E-state index contributed by atoms with van der Waals surface area (Å²) in [5.41, 5.74) is 2.77. The van der Waals surface area contributed by atoms with Gasteiger partial charge >= 0.3 is 0 Å². The summed E-state index contributed by atoms with van der Waals surface area (Å²) >= 11 is 0. The number of rotatable bonds is 6. The minimum atomic E-state index is -0.0481. The zero-order chi connectivity index (χ0) is 14.4. The highest BCUT2D eigenvalue weighted by Crippen LogP contribution is 2.13. The fourth-order valence-corrected chi connectivity index (χ4v) is 1.85. The Morgan fingerprint density at radius 3 is 2.53 bits per heavy atom. The van der Waals surface area contributed by atoms with Gasteiger partial charge in [-0.1, -0.05) is 24.6 Å². The zero-order valence-electron chi connectivity index (χ0n) is 12.2. The van der Waals surface area contributed by atoms with E-state index in [0.717, 1.165) is 23.1 Å². The highest BCUT2D eigenvalue weighted by atomic mass is 16.2. The Kier molecular flexibility index (Phi) is 5.74. The lowest BCUT2D eigenvalue weighted by atomic mass is 9.99. The number of nitrogens with one attached hydrogen (secondary N) is 1. The molecule has 0 saturated carbocycles. The average Bonchev–Trinajstić information content (AvgIpc) is 2.38. The first-order valence-electron chi connectivity index (χ1n) is 6.83. The van der Waals surface area contributed by atoms with Crippen LogP contribution in [0.15, 0.2) is 18.2 Å². The summed E-state index contributed by atoms with van der Waals surface area (Å²) in [6.45, 7) is 7.87. The number of hydrogen-bond acceptors (Lipinski definition) is 2. The van der Waals surface area contributed by atoms with Gasteiger partial charge in [-0.3, -0.25) is 9.59 Å². The first-order chi connectivity index (χ1) is 8.93. The van der Waals surface area contributed by atoms with Crippen molar-refractivity contribution in [2.75, 3.05) is 0 Å². The number of hydrogen-bond donors (Lipinski definition) is 1. The van der Waals surface area contributed by atoms with Crippen molar-refractivity contribution >= 4 is 11.7 Å². The predicted molar refractivity (Wildman–Crippen MR) is 77.4 cm³/mol. The number of aryl methyl sites for hydroxylation is 2. The minimum Gasteiger partial charge on any atom is -0.354 e. The average molecular weight is 261 g/mol. The molecule has 0 aliphatic heterocycles. The van der Waals surface area contributed by atoms with E-state index >= 15 is 0 Å². The monoisotopic (exact) mass is 261 g/mol. The van der Waals surface area contributed by atoms with Gasteiger partial charge in [-0.05, 0) is 38.8 Å². The van der Waals surface area contributed by atoms with E-state index in [1.54, 1.807) is 0 Å². The van der Waals surface area contributed by atoms with Crippen LogP contribution in [-0.2, 0) is 4.79 Å². The van der Waals surface area contributed by atoms with Crippen molar-refractivity contribution in [1.82, 2.24) is 5.32 Å². The third-order valence-corrected chi connectivity index (χ3v) is 3.29. The van der Waals surface area contributed by atoms with Gasteiger partial charge in [0.1, 0.15) is 0 Å². The van der Waals surface area contributed by atoms with Crippen molar-refractivity contribution in [3.63, 3.8) is 0 Å². The van der Waals surface area contributed by atoms with E-state index in [0.29, 0.717) is 0 Å². The van der Waals surface area contributed by atoms with Gasteiger partial charge in [0.2, 0.25) is 5.91 Å². The number of Topliss-reactive ketones (excluding diaryl/α,β-unsaturated/α-hetero) is 1. The SMILES string of the molecule is CCC(C)NC(=O)CCC(=O)c1cc(C)ccc1C. The molecule has 19 heavy (non-hydrogen) atoms. The summed E-state index contributed by atoms with van der Waals surface area (Å²) in [4.78, 5) is 23.7. The molecule has 0 aliphatic rings. The van der Waals surface area contributed by atoms with Crippen molar-refractivity contribution < 1.29 is 9.59 Å². The molecule has 0 heterocycles. The molecule has 0 bridgehead atoms. The van der Waals surface area contributed by atoms with Crippen molar-refractivity contribution in [3.05, 3.63) is 34.9 Å². The molecule has 0 fully saturated rings. The van der Waals surface area contributed by atoms with Gasteiger partial charge in [-0.15, -0.1) is 0 Å². The van der Waals surface area contributed by atoms with E-state index < -0.39 is 0 Å². The van der Waals surface area contributed by atoms with E-state index in [2.05, 4.69) is 5.32 Å². The fraction of sp³-hybridized carbons (Fsp3) is 0.500. The maximum Gasteiger partial charge on any atom is 0.220 e. The lowest BCUT2D eigenvalue weighted by Gasteiger charge is -2.11. The Morgan fingerprint density at radius 2 is 1.89 bits per heavy atom. The van der Waals surface area contributed by atoms with Crippen molar-refractivity contribution in [1.29, 1.82) is 0 Å². The summed E-state index contributed by atoms with van der Waals surface area (Å²) in [6.07, 6.45) is 1.43. The van der Waals surface area contributed by atoms with Crippen LogP contribution < -0.4 is 5.32 Å². The van der Waals surface area contributed by atoms with Crippen LogP contribution in [0.25, 0.3) is 0 Å². The van der Waals surface area contributed by atoms with Gasteiger partial charge in [-0.25, -0.2) is 0 Å². The molecule has 1 amide bonds. The Bertz CT molecular complexity index is 466. The lowest BCUT2D eigenvalue weighted by molar-refractivity contribution is -0.121. The second-order valence-electron chi connectivity index (χ2n) is 5.12. The van der Waals surface area contributed by atoms with Crippen LogP contribution in [0, 0.1) is 13.8 Å². The number of ketones is 1. The van der Waals surface area contributed by atoms with Crippen LogP contribution in [0.1, 0.15) is 54.6 Å². The molecule has 0 saturated heterocycles. The second-order valence-corrected chi connectivity index (χ2v) is 5.12. The third kappa shape index (κ3) is 4.86. The number of carbonyl (C=O) groups is 2. The second kappa shape index (κ2) is 7.07. The first-order valence-corrected chi connectivity index (χ1v) is 6.83. The van der Waals surface area contributed by atoms with Gasteiger partial charge in [-0.2, -0.15) is 0 Å². The number of carbonyl (C=O) groups excluding carboxylic acids is 2. The van der Waals surface area contributed by atoms with E-state index in [4.69, 9.17) is 0 Å². The highest BCUT2D eigenvalue weighted by Gasteiger charge is 2.12. The van der Waals surface area contributed by atoms with E-state index in [1.807, 2.05) is 45.9 Å². The Balaban J connectivity index is 2.56. The summed E-state index contributed by atoms with van der Waals surface area (Å²) in [5.74, 6) is -0.00601. The molecule has 0 radical (unpaired) electrons. The normalized spacial score (nSPS) is 12.0. The molecular formula is C16H23NO2. The zero-order valence-corrected chi connectivity index (χ0v) is 12.2. The summed E-state index contributed by atoms with van der Waals surface area (Å²) in [7, 11) is 0. The number of benzene rings is 1. The first kappa shape index (κ1) is 15.4. The molecule has 3 heteroatoms. The molecule has 0 aromatic heterocycles. The molecule has 3 nitrogen and oxygen atoms in total. The molecule has 1 aromatic rings. The molecule has 0 spiro atoms. The van der Waals surface area contributed by atoms with E-state index in [1.165, 1.54) is 0 Å². The molecule has 104 valence electrons. The highest BCUT2D eigenvalue weighted by molar-refractivity contribution is 5.99. The smallest absolute Gasteiger partial charge is 0.220 e. The van der Waals surface area contributed by atoms with Gasteiger partial charge in [0.05, 0.1) is 0 Å². The molecule has 1 unspecified atom stereocenters.